The SMILES string of the molecule is CN(c1nc(-c2ccc(F)cc2)cs1)c1c(CCC(N)=O)nc2ccc(C3CCN(C(=O)O)CC3)cn12. The Kier molecular flexibility index (Phi) is 6.79. The summed E-state index contributed by atoms with van der Waals surface area (Å²) in [6.07, 6.45) is 3.23. The summed E-state index contributed by atoms with van der Waals surface area (Å²) in [6, 6.07) is 10.2. The first-order valence-electron chi connectivity index (χ1n) is 12.0. The number of aryl methyl sites for hydroxylation is 1. The number of imidazole rings is 1. The zero-order valence-electron chi connectivity index (χ0n) is 20.3. The first kappa shape index (κ1) is 24.7. The smallest absolute Gasteiger partial charge is 0.407 e. The van der Waals surface area contributed by atoms with Crippen molar-refractivity contribution >= 4 is 39.9 Å². The van der Waals surface area contributed by atoms with Gasteiger partial charge in [-0.2, -0.15) is 0 Å². The van der Waals surface area contributed by atoms with Gasteiger partial charge in [0.1, 0.15) is 17.3 Å². The van der Waals surface area contributed by atoms with E-state index in [1.54, 1.807) is 12.1 Å². The van der Waals surface area contributed by atoms with Crippen LogP contribution in [-0.2, 0) is 11.2 Å². The number of amides is 2. The number of piperidine rings is 1. The van der Waals surface area contributed by atoms with Gasteiger partial charge in [-0.15, -0.1) is 11.3 Å². The summed E-state index contributed by atoms with van der Waals surface area (Å²) in [5.74, 6) is 0.329. The number of benzene rings is 1. The number of hydrogen-bond donors (Lipinski definition) is 2. The molecule has 0 radical (unpaired) electrons. The van der Waals surface area contributed by atoms with Gasteiger partial charge in [0, 0.05) is 50.1 Å². The lowest BCUT2D eigenvalue weighted by Crippen LogP contribution is -2.36. The molecule has 192 valence electrons. The lowest BCUT2D eigenvalue weighted by molar-refractivity contribution is -0.118. The highest BCUT2D eigenvalue weighted by Crippen LogP contribution is 2.35. The molecule has 0 spiro atoms. The first-order valence-corrected chi connectivity index (χ1v) is 12.9. The third-order valence-electron chi connectivity index (χ3n) is 6.77. The molecule has 4 heterocycles. The van der Waals surface area contributed by atoms with E-state index in [1.807, 2.05) is 33.9 Å². The number of aromatic nitrogens is 3. The number of carboxylic acid groups (broad SMARTS) is 1. The van der Waals surface area contributed by atoms with E-state index in [-0.39, 0.29) is 18.2 Å². The van der Waals surface area contributed by atoms with Gasteiger partial charge in [0.2, 0.25) is 5.91 Å². The summed E-state index contributed by atoms with van der Waals surface area (Å²) >= 11 is 1.46. The number of nitrogens with zero attached hydrogens (tertiary/aromatic N) is 5. The van der Waals surface area contributed by atoms with Gasteiger partial charge in [-0.1, -0.05) is 6.07 Å². The van der Waals surface area contributed by atoms with Crippen LogP contribution in [0.1, 0.15) is 36.4 Å². The van der Waals surface area contributed by atoms with Gasteiger partial charge in [-0.25, -0.2) is 19.2 Å². The zero-order valence-corrected chi connectivity index (χ0v) is 21.1. The number of hydrogen-bond acceptors (Lipinski definition) is 6. The van der Waals surface area contributed by atoms with Crippen LogP contribution in [0.3, 0.4) is 0 Å². The Morgan fingerprint density at radius 3 is 2.57 bits per heavy atom. The molecule has 4 aromatic rings. The molecule has 0 bridgehead atoms. The Morgan fingerprint density at radius 2 is 1.89 bits per heavy atom. The van der Waals surface area contributed by atoms with Gasteiger partial charge < -0.3 is 20.6 Å². The highest BCUT2D eigenvalue weighted by molar-refractivity contribution is 7.14. The second kappa shape index (κ2) is 10.2. The fraction of sp³-hybridized carbons (Fsp3) is 0.308. The number of rotatable bonds is 7. The minimum Gasteiger partial charge on any atom is -0.465 e. The molecule has 1 saturated heterocycles. The van der Waals surface area contributed by atoms with Crippen molar-refractivity contribution in [2.45, 2.75) is 31.6 Å². The van der Waals surface area contributed by atoms with E-state index in [1.165, 1.54) is 28.4 Å². The number of nitrogens with two attached hydrogens (primary N) is 1. The van der Waals surface area contributed by atoms with Gasteiger partial charge in [0.05, 0.1) is 11.4 Å². The number of anilines is 2. The number of likely N-dealkylation sites (tertiary alicyclic amines) is 1. The second-order valence-electron chi connectivity index (χ2n) is 9.16. The normalized spacial score (nSPS) is 14.3. The number of carbonyl (C=O) groups excluding carboxylic acids is 1. The lowest BCUT2D eigenvalue weighted by atomic mass is 9.90. The van der Waals surface area contributed by atoms with Crippen LogP contribution in [0.4, 0.5) is 20.1 Å². The van der Waals surface area contributed by atoms with Crippen molar-refractivity contribution in [2.75, 3.05) is 25.0 Å². The van der Waals surface area contributed by atoms with Crippen LogP contribution >= 0.6 is 11.3 Å². The fourth-order valence-electron chi connectivity index (χ4n) is 4.77. The van der Waals surface area contributed by atoms with Crippen LogP contribution in [0.15, 0.2) is 48.0 Å². The van der Waals surface area contributed by atoms with Crippen molar-refractivity contribution < 1.29 is 19.1 Å². The van der Waals surface area contributed by atoms with Crippen LogP contribution in [-0.4, -0.2) is 56.5 Å². The van der Waals surface area contributed by atoms with Gasteiger partial charge in [-0.05, 0) is 54.7 Å². The average Bonchev–Trinajstić information content (AvgIpc) is 3.52. The molecule has 0 unspecified atom stereocenters. The predicted molar refractivity (Wildman–Crippen MR) is 140 cm³/mol. The van der Waals surface area contributed by atoms with E-state index >= 15 is 0 Å². The molecule has 1 fully saturated rings. The second-order valence-corrected chi connectivity index (χ2v) is 10.0. The average molecular weight is 523 g/mol. The number of carbonyl (C=O) groups is 2. The van der Waals surface area contributed by atoms with Crippen molar-refractivity contribution in [1.29, 1.82) is 0 Å². The molecule has 9 nitrogen and oxygen atoms in total. The molecule has 0 atom stereocenters. The summed E-state index contributed by atoms with van der Waals surface area (Å²) in [4.78, 5) is 35.8. The Morgan fingerprint density at radius 1 is 1.16 bits per heavy atom. The molecular weight excluding hydrogens is 495 g/mol. The minimum absolute atomic E-state index is 0.171. The van der Waals surface area contributed by atoms with Gasteiger partial charge in [0.25, 0.3) is 0 Å². The van der Waals surface area contributed by atoms with E-state index in [9.17, 15) is 19.1 Å². The molecule has 0 saturated carbocycles. The maximum Gasteiger partial charge on any atom is 0.407 e. The van der Waals surface area contributed by atoms with E-state index in [0.29, 0.717) is 19.5 Å². The van der Waals surface area contributed by atoms with Gasteiger partial charge in [-0.3, -0.25) is 9.20 Å². The molecule has 37 heavy (non-hydrogen) atoms. The predicted octanol–water partition coefficient (Wildman–Crippen LogP) is 4.64. The Bertz CT molecular complexity index is 1440. The maximum absolute atomic E-state index is 13.4. The third kappa shape index (κ3) is 5.12. The van der Waals surface area contributed by atoms with Gasteiger partial charge >= 0.3 is 6.09 Å². The number of thiazole rings is 1. The van der Waals surface area contributed by atoms with Crippen molar-refractivity contribution in [2.24, 2.45) is 5.73 Å². The fourth-order valence-corrected chi connectivity index (χ4v) is 5.57. The van der Waals surface area contributed by atoms with Crippen LogP contribution < -0.4 is 10.6 Å². The van der Waals surface area contributed by atoms with Crippen LogP contribution in [0, 0.1) is 5.82 Å². The van der Waals surface area contributed by atoms with Crippen molar-refractivity contribution in [1.82, 2.24) is 19.3 Å². The lowest BCUT2D eigenvalue weighted by Gasteiger charge is -2.30. The summed E-state index contributed by atoms with van der Waals surface area (Å²) in [5.41, 5.74) is 9.58. The van der Waals surface area contributed by atoms with Crippen LogP contribution in [0.5, 0.6) is 0 Å². The quantitative estimate of drug-likeness (QED) is 0.365. The van der Waals surface area contributed by atoms with Crippen molar-refractivity contribution in [3.8, 4) is 11.3 Å². The Balaban J connectivity index is 1.50. The number of fused-ring (bicyclic) bond motifs is 1. The van der Waals surface area contributed by atoms with Crippen molar-refractivity contribution in [3.05, 3.63) is 65.0 Å². The molecule has 3 N–H and O–H groups in total. The highest BCUT2D eigenvalue weighted by Gasteiger charge is 2.25. The first-order chi connectivity index (χ1) is 17.8. The van der Waals surface area contributed by atoms with Crippen LogP contribution in [0.2, 0.25) is 0 Å². The largest absolute Gasteiger partial charge is 0.465 e. The Labute approximate surface area is 217 Å². The summed E-state index contributed by atoms with van der Waals surface area (Å²) in [7, 11) is 1.91. The molecule has 11 heteroatoms. The Hall–Kier alpha value is -3.99. The van der Waals surface area contributed by atoms with E-state index in [4.69, 9.17) is 15.7 Å². The molecule has 1 aliphatic heterocycles. The topological polar surface area (TPSA) is 117 Å². The molecule has 1 aliphatic rings. The van der Waals surface area contributed by atoms with E-state index < -0.39 is 12.0 Å². The molecular formula is C26H27FN6O3S. The third-order valence-corrected chi connectivity index (χ3v) is 7.68. The molecule has 0 aliphatic carbocycles. The maximum atomic E-state index is 13.4. The van der Waals surface area contributed by atoms with E-state index in [0.717, 1.165) is 52.0 Å². The minimum atomic E-state index is -0.880. The summed E-state index contributed by atoms with van der Waals surface area (Å²) in [6.45, 7) is 1.01. The molecule has 2 amide bonds. The number of primary amides is 1. The van der Waals surface area contributed by atoms with E-state index in [2.05, 4.69) is 6.20 Å². The summed E-state index contributed by atoms with van der Waals surface area (Å²) < 4.78 is 15.4. The monoisotopic (exact) mass is 522 g/mol. The molecule has 1 aromatic carbocycles. The summed E-state index contributed by atoms with van der Waals surface area (Å²) in [5, 5.41) is 11.9. The zero-order chi connectivity index (χ0) is 26.1. The van der Waals surface area contributed by atoms with Crippen molar-refractivity contribution in [3.63, 3.8) is 0 Å². The van der Waals surface area contributed by atoms with Crippen LogP contribution in [0.25, 0.3) is 16.9 Å². The standard InChI is InChI=1S/C26H27FN6O3S/c1-31(25-30-21(15-37-25)17-2-5-19(27)6-3-17)24-20(7-8-22(28)34)29-23-9-4-18(14-33(23)24)16-10-12-32(13-11-16)26(35)36/h2-6,9,14-16H,7-8,10-13H2,1H3,(H2,28,34)(H,35,36). The number of pyridine rings is 1. The number of halogens is 1. The molecule has 3 aromatic heterocycles. The highest BCUT2D eigenvalue weighted by atomic mass is 32.1. The molecule has 5 rings (SSSR count). The van der Waals surface area contributed by atoms with Gasteiger partial charge in [0.15, 0.2) is 5.13 Å².